The summed E-state index contributed by atoms with van der Waals surface area (Å²) < 4.78 is 0. The van der Waals surface area contributed by atoms with Crippen LogP contribution in [0, 0.1) is 5.92 Å². The van der Waals surface area contributed by atoms with Crippen molar-refractivity contribution in [2.24, 2.45) is 5.92 Å². The van der Waals surface area contributed by atoms with Crippen LogP contribution in [-0.2, 0) is 4.79 Å². The maximum absolute atomic E-state index is 12.2. The maximum Gasteiger partial charge on any atom is 0.329 e. The normalized spacial score (nSPS) is 17.1. The van der Waals surface area contributed by atoms with Crippen molar-refractivity contribution in [1.29, 1.82) is 0 Å². The highest BCUT2D eigenvalue weighted by Crippen LogP contribution is 2.39. The van der Waals surface area contributed by atoms with Gasteiger partial charge in [-0.3, -0.25) is 4.79 Å². The van der Waals surface area contributed by atoms with Crippen LogP contribution in [0.4, 0.5) is 5.69 Å². The lowest BCUT2D eigenvalue weighted by Gasteiger charge is -2.26. The third-order valence-corrected chi connectivity index (χ3v) is 3.86. The van der Waals surface area contributed by atoms with Crippen LogP contribution in [0.2, 0.25) is 0 Å². The van der Waals surface area contributed by atoms with E-state index in [2.05, 4.69) is 5.32 Å². The van der Waals surface area contributed by atoms with Crippen molar-refractivity contribution in [3.8, 4) is 0 Å². The molecule has 5 nitrogen and oxygen atoms in total. The first-order valence-corrected chi connectivity index (χ1v) is 6.68. The molecule has 0 radical (unpaired) electrons. The van der Waals surface area contributed by atoms with E-state index in [0.29, 0.717) is 5.56 Å². The molecule has 5 heteroatoms. The van der Waals surface area contributed by atoms with Gasteiger partial charge in [0, 0.05) is 25.3 Å². The minimum Gasteiger partial charge on any atom is -0.480 e. The van der Waals surface area contributed by atoms with Gasteiger partial charge in [0.2, 0.25) is 0 Å². The zero-order valence-electron chi connectivity index (χ0n) is 12.0. The first-order valence-electron chi connectivity index (χ1n) is 6.68. The molecular weight excluding hydrogens is 256 g/mol. The van der Waals surface area contributed by atoms with E-state index in [-0.39, 0.29) is 11.8 Å². The third kappa shape index (κ3) is 2.76. The number of carboxylic acids is 1. The minimum absolute atomic E-state index is 0.0324. The molecule has 0 spiro atoms. The second-order valence-electron chi connectivity index (χ2n) is 5.68. The summed E-state index contributed by atoms with van der Waals surface area (Å²) in [6.45, 7) is 1.58. The van der Waals surface area contributed by atoms with Gasteiger partial charge in [0.1, 0.15) is 5.54 Å². The first-order chi connectivity index (χ1) is 9.34. The van der Waals surface area contributed by atoms with Crippen molar-refractivity contribution < 1.29 is 14.7 Å². The van der Waals surface area contributed by atoms with Crippen molar-refractivity contribution >= 4 is 17.6 Å². The van der Waals surface area contributed by atoms with E-state index in [9.17, 15) is 14.7 Å². The summed E-state index contributed by atoms with van der Waals surface area (Å²) >= 11 is 0. The van der Waals surface area contributed by atoms with Crippen LogP contribution in [0.3, 0.4) is 0 Å². The van der Waals surface area contributed by atoms with Gasteiger partial charge in [-0.05, 0) is 49.9 Å². The molecule has 1 aliphatic rings. The van der Waals surface area contributed by atoms with Gasteiger partial charge in [0.25, 0.3) is 5.91 Å². The van der Waals surface area contributed by atoms with E-state index in [1.54, 1.807) is 19.1 Å². The molecule has 1 aliphatic carbocycles. The van der Waals surface area contributed by atoms with Crippen molar-refractivity contribution in [2.75, 3.05) is 19.0 Å². The number of benzene rings is 1. The van der Waals surface area contributed by atoms with E-state index >= 15 is 0 Å². The summed E-state index contributed by atoms with van der Waals surface area (Å²) in [7, 11) is 3.84. The molecule has 0 heterocycles. The monoisotopic (exact) mass is 276 g/mol. The van der Waals surface area contributed by atoms with Gasteiger partial charge in [0.05, 0.1) is 0 Å². The number of nitrogens with zero attached hydrogens (tertiary/aromatic N) is 1. The lowest BCUT2D eigenvalue weighted by atomic mass is 9.95. The van der Waals surface area contributed by atoms with Gasteiger partial charge in [-0.25, -0.2) is 4.79 Å². The second-order valence-corrected chi connectivity index (χ2v) is 5.68. The van der Waals surface area contributed by atoms with Gasteiger partial charge in [-0.2, -0.15) is 0 Å². The van der Waals surface area contributed by atoms with Crippen LogP contribution in [0.1, 0.15) is 30.1 Å². The fourth-order valence-corrected chi connectivity index (χ4v) is 2.21. The van der Waals surface area contributed by atoms with E-state index in [1.165, 1.54) is 0 Å². The number of amides is 1. The Morgan fingerprint density at radius 3 is 2.20 bits per heavy atom. The van der Waals surface area contributed by atoms with Gasteiger partial charge >= 0.3 is 5.97 Å². The fraction of sp³-hybridized carbons (Fsp3) is 0.467. The van der Waals surface area contributed by atoms with Crippen molar-refractivity contribution in [3.05, 3.63) is 29.8 Å². The molecule has 1 amide bonds. The molecule has 1 saturated carbocycles. The summed E-state index contributed by atoms with van der Waals surface area (Å²) in [4.78, 5) is 25.5. The number of anilines is 1. The van der Waals surface area contributed by atoms with Crippen LogP contribution >= 0.6 is 0 Å². The summed E-state index contributed by atoms with van der Waals surface area (Å²) in [5.41, 5.74) is 0.297. The Labute approximate surface area is 118 Å². The van der Waals surface area contributed by atoms with Crippen LogP contribution in [0.5, 0.6) is 0 Å². The maximum atomic E-state index is 12.2. The number of aliphatic carboxylic acids is 1. The Balaban J connectivity index is 2.13. The number of nitrogens with one attached hydrogen (secondary N) is 1. The average Bonchev–Trinajstić information content (AvgIpc) is 3.23. The molecule has 1 atom stereocenters. The van der Waals surface area contributed by atoms with Gasteiger partial charge in [0.15, 0.2) is 0 Å². The molecule has 0 bridgehead atoms. The van der Waals surface area contributed by atoms with E-state index < -0.39 is 11.5 Å². The third-order valence-electron chi connectivity index (χ3n) is 3.86. The lowest BCUT2D eigenvalue weighted by Crippen LogP contribution is -2.54. The highest BCUT2D eigenvalue weighted by molar-refractivity contribution is 5.98. The predicted octanol–water partition coefficient (Wildman–Crippen LogP) is 1.74. The zero-order chi connectivity index (χ0) is 14.9. The SMILES string of the molecule is CN(C)c1ccc(C(=O)NC(C)(C(=O)O)C2CC2)cc1. The Morgan fingerprint density at radius 2 is 1.80 bits per heavy atom. The van der Waals surface area contributed by atoms with E-state index in [4.69, 9.17) is 0 Å². The average molecular weight is 276 g/mol. The number of carbonyl (C=O) groups excluding carboxylic acids is 1. The van der Waals surface area contributed by atoms with E-state index in [0.717, 1.165) is 18.5 Å². The molecule has 20 heavy (non-hydrogen) atoms. The molecule has 108 valence electrons. The number of rotatable bonds is 5. The Morgan fingerprint density at radius 1 is 1.25 bits per heavy atom. The number of carboxylic acid groups (broad SMARTS) is 1. The molecule has 0 saturated heterocycles. The quantitative estimate of drug-likeness (QED) is 0.859. The Kier molecular flexibility index (Phi) is 3.70. The lowest BCUT2D eigenvalue weighted by molar-refractivity contribution is -0.144. The molecule has 1 fully saturated rings. The fourth-order valence-electron chi connectivity index (χ4n) is 2.21. The van der Waals surface area contributed by atoms with Gasteiger partial charge in [-0.15, -0.1) is 0 Å². The first kappa shape index (κ1) is 14.4. The minimum atomic E-state index is -1.17. The molecule has 0 aromatic heterocycles. The predicted molar refractivity (Wildman–Crippen MR) is 77.0 cm³/mol. The highest BCUT2D eigenvalue weighted by Gasteiger charge is 2.48. The van der Waals surface area contributed by atoms with Crippen LogP contribution in [0.25, 0.3) is 0 Å². The molecule has 0 aliphatic heterocycles. The standard InChI is InChI=1S/C15H20N2O3/c1-15(14(19)20,11-6-7-11)16-13(18)10-4-8-12(9-5-10)17(2)3/h4-5,8-9,11H,6-7H2,1-3H3,(H,16,18)(H,19,20). The zero-order valence-corrected chi connectivity index (χ0v) is 12.0. The van der Waals surface area contributed by atoms with Crippen LogP contribution < -0.4 is 10.2 Å². The van der Waals surface area contributed by atoms with E-state index in [1.807, 2.05) is 31.1 Å². The topological polar surface area (TPSA) is 69.6 Å². The Hall–Kier alpha value is -2.04. The molecule has 1 aromatic rings. The van der Waals surface area contributed by atoms with Crippen LogP contribution in [-0.4, -0.2) is 36.6 Å². The van der Waals surface area contributed by atoms with Crippen molar-refractivity contribution in [3.63, 3.8) is 0 Å². The molecule has 1 unspecified atom stereocenters. The summed E-state index contributed by atoms with van der Waals surface area (Å²) in [6.07, 6.45) is 1.70. The van der Waals surface area contributed by atoms with Crippen LogP contribution in [0.15, 0.2) is 24.3 Å². The van der Waals surface area contributed by atoms with Gasteiger partial charge in [-0.1, -0.05) is 0 Å². The number of hydrogen-bond acceptors (Lipinski definition) is 3. The Bertz CT molecular complexity index is 520. The smallest absolute Gasteiger partial charge is 0.329 e. The molecule has 2 N–H and O–H groups in total. The summed E-state index contributed by atoms with van der Waals surface area (Å²) in [6, 6.07) is 7.09. The molecular formula is C15H20N2O3. The largest absolute Gasteiger partial charge is 0.480 e. The van der Waals surface area contributed by atoms with Crippen molar-refractivity contribution in [2.45, 2.75) is 25.3 Å². The summed E-state index contributed by atoms with van der Waals surface area (Å²) in [5.74, 6) is -1.28. The molecule has 2 rings (SSSR count). The van der Waals surface area contributed by atoms with Gasteiger partial charge < -0.3 is 15.3 Å². The number of carbonyl (C=O) groups is 2. The second kappa shape index (κ2) is 5.15. The highest BCUT2D eigenvalue weighted by atomic mass is 16.4. The van der Waals surface area contributed by atoms with Crippen molar-refractivity contribution in [1.82, 2.24) is 5.32 Å². The molecule has 1 aromatic carbocycles. The number of hydrogen-bond donors (Lipinski definition) is 2. The summed E-state index contributed by atoms with van der Waals surface area (Å²) in [5, 5.41) is 12.0.